The Kier molecular flexibility index (Phi) is 12.0. The summed E-state index contributed by atoms with van der Waals surface area (Å²) in [5.74, 6) is 0. The van der Waals surface area contributed by atoms with E-state index in [1.165, 1.54) is 96.3 Å². The largest absolute Gasteiger partial charge is 0.333 e. The number of para-hydroxylation sites is 3. The Morgan fingerprint density at radius 2 is 0.986 bits per heavy atom. The molecule has 0 atom stereocenters. The van der Waals surface area contributed by atoms with Crippen molar-refractivity contribution in [2.24, 2.45) is 10.7 Å². The third-order valence-electron chi connectivity index (χ3n) is 13.9. The number of nitrogens with zero attached hydrogens (tertiary/aromatic N) is 2. The first-order valence-electron chi connectivity index (χ1n) is 24.2. The molecule has 3 nitrogen and oxygen atoms in total. The first kappa shape index (κ1) is 43.9. The molecule has 0 amide bonds. The average molecular weight is 900 g/mol. The first-order valence-corrected chi connectivity index (χ1v) is 24.2. The highest BCUT2D eigenvalue weighted by atomic mass is 15.2. The van der Waals surface area contributed by atoms with Crippen molar-refractivity contribution in [3.05, 3.63) is 299 Å². The van der Waals surface area contributed by atoms with Gasteiger partial charge in [0.1, 0.15) is 0 Å². The van der Waals surface area contributed by atoms with Crippen LogP contribution in [0.5, 0.6) is 0 Å². The zero-order valence-electron chi connectivity index (χ0n) is 39.5. The average Bonchev–Trinajstić information content (AvgIpc) is 3.73. The summed E-state index contributed by atoms with van der Waals surface area (Å²) >= 11 is 0. The van der Waals surface area contributed by atoms with Crippen LogP contribution in [0.15, 0.2) is 260 Å². The highest BCUT2D eigenvalue weighted by molar-refractivity contribution is 6.18. The van der Waals surface area contributed by atoms with Gasteiger partial charge in [-0.25, -0.2) is 0 Å². The number of aliphatic imine (C=N–C) groups is 1. The lowest BCUT2D eigenvalue weighted by Gasteiger charge is -2.45. The van der Waals surface area contributed by atoms with Crippen LogP contribution >= 0.6 is 0 Å². The number of hydrogen-bond acceptors (Lipinski definition) is 3. The van der Waals surface area contributed by atoms with Crippen molar-refractivity contribution in [2.45, 2.75) is 18.9 Å². The Bertz CT molecular complexity index is 3470. The maximum atomic E-state index is 5.57. The standard InChI is InChI=1S/C66H48N2.CH5N/c1-2-19-46-34-36-47(37-35-46)45-67-65(51-22-8-4-9-23-51)56-28-18-31-61-64(56)57-44-52(48-38-40-50(41-39-48)55-27-13-12-26-54(55)49-20-6-3-7-21-49)42-43-58(57)66(61)59-29-14-16-32-62(59)68(53-24-10-5-11-25-53)63-33-17-15-30-60(63)66;1-2/h2-44H,45H2,1H3;2H2,1H3/b19-2+,67-65?;. The first-order chi connectivity index (χ1) is 34.7. The monoisotopic (exact) mass is 899 g/mol. The molecule has 0 aromatic heterocycles. The van der Waals surface area contributed by atoms with E-state index in [-0.39, 0.29) is 0 Å². The fourth-order valence-electron chi connectivity index (χ4n) is 10.9. The smallest absolute Gasteiger partial charge is 0.0754 e. The van der Waals surface area contributed by atoms with E-state index in [1.54, 1.807) is 0 Å². The summed E-state index contributed by atoms with van der Waals surface area (Å²) in [5.41, 5.74) is 27.6. The van der Waals surface area contributed by atoms with E-state index in [2.05, 4.69) is 278 Å². The molecule has 0 radical (unpaired) electrons. The van der Waals surface area contributed by atoms with Crippen molar-refractivity contribution in [2.75, 3.05) is 11.9 Å². The molecule has 1 spiro atoms. The van der Waals surface area contributed by atoms with Crippen LogP contribution in [0.3, 0.4) is 0 Å². The molecule has 0 bridgehead atoms. The van der Waals surface area contributed by atoms with Crippen molar-refractivity contribution in [1.82, 2.24) is 0 Å². The van der Waals surface area contributed by atoms with E-state index in [9.17, 15) is 0 Å². The number of rotatable bonds is 9. The summed E-state index contributed by atoms with van der Waals surface area (Å²) in [6.45, 7) is 2.61. The molecule has 1 aliphatic carbocycles. The minimum atomic E-state index is -0.618. The lowest BCUT2D eigenvalue weighted by Crippen LogP contribution is -2.36. The normalized spacial score (nSPS) is 13.0. The molecular weight excluding hydrogens is 847 g/mol. The van der Waals surface area contributed by atoms with Crippen LogP contribution < -0.4 is 10.6 Å². The number of anilines is 3. The Balaban J connectivity index is 0.00000263. The molecule has 12 rings (SSSR count). The topological polar surface area (TPSA) is 41.6 Å². The number of benzene rings is 10. The van der Waals surface area contributed by atoms with Gasteiger partial charge in [0, 0.05) is 16.8 Å². The fourth-order valence-corrected chi connectivity index (χ4v) is 10.9. The van der Waals surface area contributed by atoms with E-state index >= 15 is 0 Å². The van der Waals surface area contributed by atoms with E-state index in [0.29, 0.717) is 6.54 Å². The predicted octanol–water partition coefficient (Wildman–Crippen LogP) is 16.5. The van der Waals surface area contributed by atoms with E-state index < -0.39 is 5.41 Å². The van der Waals surface area contributed by atoms with E-state index in [4.69, 9.17) is 4.99 Å². The van der Waals surface area contributed by atoms with Gasteiger partial charge < -0.3 is 10.6 Å². The van der Waals surface area contributed by atoms with Gasteiger partial charge in [-0.1, -0.05) is 231 Å². The third-order valence-corrected chi connectivity index (χ3v) is 13.9. The Hall–Kier alpha value is -8.63. The van der Waals surface area contributed by atoms with Gasteiger partial charge in [-0.15, -0.1) is 0 Å². The molecule has 1 aliphatic heterocycles. The second kappa shape index (κ2) is 19.2. The number of allylic oxidation sites excluding steroid dienone is 1. The number of fused-ring (bicyclic) bond motifs is 9. The van der Waals surface area contributed by atoms with Crippen molar-refractivity contribution in [3.8, 4) is 44.5 Å². The zero-order valence-corrected chi connectivity index (χ0v) is 39.5. The second-order valence-corrected chi connectivity index (χ2v) is 17.7. The number of hydrogen-bond donors (Lipinski definition) is 1. The Labute approximate surface area is 412 Å². The van der Waals surface area contributed by atoms with Gasteiger partial charge >= 0.3 is 0 Å². The maximum Gasteiger partial charge on any atom is 0.0754 e. The van der Waals surface area contributed by atoms with Crippen LogP contribution in [-0.4, -0.2) is 12.8 Å². The Morgan fingerprint density at radius 1 is 0.457 bits per heavy atom. The maximum absolute atomic E-state index is 5.57. The van der Waals surface area contributed by atoms with Crippen LogP contribution in [0.25, 0.3) is 50.6 Å². The SMILES string of the molecule is C/C=C/c1ccc(CN=C(c2ccccc2)c2cccc3c2-c2cc(-c4ccc(-c5ccccc5-c5ccccc5)cc4)ccc2C32c3ccccc3N(c3ccccc3)c3ccccc32)cc1.CN. The lowest BCUT2D eigenvalue weighted by atomic mass is 9.64. The summed E-state index contributed by atoms with van der Waals surface area (Å²) in [6, 6.07) is 91.1. The van der Waals surface area contributed by atoms with Gasteiger partial charge in [0.15, 0.2) is 0 Å². The molecule has 0 unspecified atom stereocenters. The minimum Gasteiger partial charge on any atom is -0.333 e. The molecule has 0 saturated carbocycles. The molecule has 0 saturated heterocycles. The summed E-state index contributed by atoms with van der Waals surface area (Å²) in [4.78, 5) is 8.02. The van der Waals surface area contributed by atoms with Gasteiger partial charge in [-0.3, -0.25) is 4.99 Å². The van der Waals surface area contributed by atoms with Crippen molar-refractivity contribution >= 4 is 28.8 Å². The van der Waals surface area contributed by atoms with Gasteiger partial charge in [-0.2, -0.15) is 0 Å². The third kappa shape index (κ3) is 7.58. The van der Waals surface area contributed by atoms with Crippen LogP contribution in [0.1, 0.15) is 51.4 Å². The van der Waals surface area contributed by atoms with Crippen molar-refractivity contribution in [3.63, 3.8) is 0 Å². The summed E-state index contributed by atoms with van der Waals surface area (Å²) in [6.07, 6.45) is 4.22. The van der Waals surface area contributed by atoms with E-state index in [0.717, 1.165) is 22.5 Å². The molecule has 1 heterocycles. The molecule has 2 N–H and O–H groups in total. The van der Waals surface area contributed by atoms with Crippen molar-refractivity contribution in [1.29, 1.82) is 0 Å². The fraction of sp³-hybridized carbons (Fsp3) is 0.0597. The van der Waals surface area contributed by atoms with Gasteiger partial charge in [0.2, 0.25) is 0 Å². The zero-order chi connectivity index (χ0) is 47.4. The van der Waals surface area contributed by atoms with Crippen LogP contribution in [0.2, 0.25) is 0 Å². The lowest BCUT2D eigenvalue weighted by molar-refractivity contribution is 0.752. The second-order valence-electron chi connectivity index (χ2n) is 17.7. The molecule has 3 heteroatoms. The van der Waals surface area contributed by atoms with Crippen molar-refractivity contribution < 1.29 is 0 Å². The van der Waals surface area contributed by atoms with Gasteiger partial charge in [-0.05, 0) is 122 Å². The molecule has 0 fully saturated rings. The Morgan fingerprint density at radius 3 is 1.63 bits per heavy atom. The number of nitrogens with two attached hydrogens (primary N) is 1. The van der Waals surface area contributed by atoms with Gasteiger partial charge in [0.25, 0.3) is 0 Å². The van der Waals surface area contributed by atoms with Crippen LogP contribution in [0, 0.1) is 0 Å². The molecule has 10 aromatic rings. The summed E-state index contributed by atoms with van der Waals surface area (Å²) in [5, 5.41) is 0. The molecule has 336 valence electrons. The minimum absolute atomic E-state index is 0.555. The van der Waals surface area contributed by atoms with Gasteiger partial charge in [0.05, 0.1) is 29.0 Å². The van der Waals surface area contributed by atoms with E-state index in [1.807, 2.05) is 0 Å². The molecule has 10 aromatic carbocycles. The molecule has 70 heavy (non-hydrogen) atoms. The predicted molar refractivity (Wildman–Crippen MR) is 295 cm³/mol. The quantitative estimate of drug-likeness (QED) is 0.147. The summed E-state index contributed by atoms with van der Waals surface area (Å²) in [7, 11) is 1.50. The molecule has 2 aliphatic rings. The molecular formula is C67H53N3. The highest BCUT2D eigenvalue weighted by Gasteiger charge is 2.52. The summed E-state index contributed by atoms with van der Waals surface area (Å²) < 4.78 is 0. The highest BCUT2D eigenvalue weighted by Crippen LogP contribution is 2.64. The van der Waals surface area contributed by atoms with Crippen LogP contribution in [-0.2, 0) is 12.0 Å². The van der Waals surface area contributed by atoms with Crippen LogP contribution in [0.4, 0.5) is 17.1 Å².